The molecular weight excluding hydrogens is 248 g/mol. The van der Waals surface area contributed by atoms with Gasteiger partial charge in [-0.1, -0.05) is 32.9 Å². The SMILES string of the molecule is Cc1cccc(OC(F)(F)C(F)F)c1C(C)(C)C. The second kappa shape index (κ2) is 4.78. The summed E-state index contributed by atoms with van der Waals surface area (Å²) in [4.78, 5) is 0. The molecule has 0 bridgehead atoms. The minimum absolute atomic E-state index is 0.201. The van der Waals surface area contributed by atoms with Gasteiger partial charge in [0.25, 0.3) is 0 Å². The van der Waals surface area contributed by atoms with Crippen LogP contribution in [0.5, 0.6) is 5.75 Å². The van der Waals surface area contributed by atoms with Gasteiger partial charge >= 0.3 is 12.5 Å². The second-order valence-electron chi connectivity index (χ2n) is 5.16. The highest BCUT2D eigenvalue weighted by molar-refractivity contribution is 5.44. The lowest BCUT2D eigenvalue weighted by Gasteiger charge is -2.27. The van der Waals surface area contributed by atoms with Crippen molar-refractivity contribution in [3.63, 3.8) is 0 Å². The summed E-state index contributed by atoms with van der Waals surface area (Å²) in [5.74, 6) is -0.201. The fourth-order valence-corrected chi connectivity index (χ4v) is 1.88. The number of halogens is 4. The van der Waals surface area contributed by atoms with E-state index in [9.17, 15) is 17.6 Å². The standard InChI is InChI=1S/C13H16F4O/c1-8-6-5-7-9(10(8)12(2,3)4)18-13(16,17)11(14)15/h5-7,11H,1-4H3. The van der Waals surface area contributed by atoms with E-state index in [0.717, 1.165) is 5.56 Å². The zero-order valence-corrected chi connectivity index (χ0v) is 10.7. The van der Waals surface area contributed by atoms with Gasteiger partial charge in [-0.15, -0.1) is 0 Å². The summed E-state index contributed by atoms with van der Waals surface area (Å²) in [5.41, 5.74) is 0.759. The average Bonchev–Trinajstić information content (AvgIpc) is 2.14. The molecule has 0 heterocycles. The van der Waals surface area contributed by atoms with Gasteiger partial charge in [0, 0.05) is 5.56 Å². The Hall–Kier alpha value is -1.26. The van der Waals surface area contributed by atoms with E-state index in [0.29, 0.717) is 5.56 Å². The van der Waals surface area contributed by atoms with Crippen LogP contribution in [0.1, 0.15) is 31.9 Å². The largest absolute Gasteiger partial charge is 0.461 e. The lowest BCUT2D eigenvalue weighted by atomic mass is 9.83. The Balaban J connectivity index is 3.23. The molecular formula is C13H16F4O. The molecule has 1 aromatic carbocycles. The molecule has 1 rings (SSSR count). The van der Waals surface area contributed by atoms with E-state index >= 15 is 0 Å². The molecule has 0 fully saturated rings. The number of hydrogen-bond donors (Lipinski definition) is 0. The van der Waals surface area contributed by atoms with Crippen molar-refractivity contribution in [2.24, 2.45) is 0 Å². The quantitative estimate of drug-likeness (QED) is 0.729. The minimum atomic E-state index is -4.48. The Morgan fingerprint density at radius 1 is 1.11 bits per heavy atom. The minimum Gasteiger partial charge on any atom is -0.428 e. The van der Waals surface area contributed by atoms with Gasteiger partial charge in [-0.05, 0) is 24.0 Å². The van der Waals surface area contributed by atoms with Crippen LogP contribution in [-0.2, 0) is 5.41 Å². The van der Waals surface area contributed by atoms with Gasteiger partial charge in [-0.3, -0.25) is 0 Å². The molecule has 0 N–H and O–H groups in total. The van der Waals surface area contributed by atoms with Crippen LogP contribution in [0.2, 0.25) is 0 Å². The molecule has 0 saturated carbocycles. The zero-order valence-electron chi connectivity index (χ0n) is 10.7. The number of rotatable bonds is 3. The first-order chi connectivity index (χ1) is 8.05. The monoisotopic (exact) mass is 264 g/mol. The molecule has 0 aliphatic rings. The van der Waals surface area contributed by atoms with Crippen LogP contribution in [0.4, 0.5) is 17.6 Å². The molecule has 0 radical (unpaired) electrons. The Bertz CT molecular complexity index is 421. The van der Waals surface area contributed by atoms with Crippen molar-refractivity contribution < 1.29 is 22.3 Å². The highest BCUT2D eigenvalue weighted by atomic mass is 19.3. The predicted molar refractivity (Wildman–Crippen MR) is 61.5 cm³/mol. The van der Waals surface area contributed by atoms with Crippen molar-refractivity contribution in [2.75, 3.05) is 0 Å². The average molecular weight is 264 g/mol. The van der Waals surface area contributed by atoms with Crippen molar-refractivity contribution in [1.82, 2.24) is 0 Å². The first-order valence-corrected chi connectivity index (χ1v) is 5.51. The number of benzene rings is 1. The van der Waals surface area contributed by atoms with Crippen molar-refractivity contribution in [3.8, 4) is 5.75 Å². The summed E-state index contributed by atoms with van der Waals surface area (Å²) in [6.07, 6.45) is -8.33. The van der Waals surface area contributed by atoms with Gasteiger partial charge in [0.2, 0.25) is 0 Å². The smallest absolute Gasteiger partial charge is 0.428 e. The van der Waals surface area contributed by atoms with Gasteiger partial charge in [-0.2, -0.15) is 17.6 Å². The van der Waals surface area contributed by atoms with E-state index in [1.807, 2.05) is 20.8 Å². The topological polar surface area (TPSA) is 9.23 Å². The molecule has 102 valence electrons. The van der Waals surface area contributed by atoms with E-state index in [2.05, 4.69) is 4.74 Å². The Morgan fingerprint density at radius 2 is 1.67 bits per heavy atom. The number of hydrogen-bond acceptors (Lipinski definition) is 1. The molecule has 0 saturated heterocycles. The molecule has 18 heavy (non-hydrogen) atoms. The molecule has 0 spiro atoms. The first kappa shape index (κ1) is 14.8. The van der Waals surface area contributed by atoms with Crippen LogP contribution < -0.4 is 4.74 Å². The zero-order chi connectivity index (χ0) is 14.1. The van der Waals surface area contributed by atoms with Crippen LogP contribution in [-0.4, -0.2) is 12.5 Å². The number of aryl methyl sites for hydroxylation is 1. The third kappa shape index (κ3) is 3.15. The summed E-state index contributed by atoms with van der Waals surface area (Å²) < 4.78 is 54.4. The molecule has 1 nitrogen and oxygen atoms in total. The lowest BCUT2D eigenvalue weighted by molar-refractivity contribution is -0.253. The fraction of sp³-hybridized carbons (Fsp3) is 0.538. The summed E-state index contributed by atoms with van der Waals surface area (Å²) in [7, 11) is 0. The Kier molecular flexibility index (Phi) is 3.93. The van der Waals surface area contributed by atoms with Crippen molar-refractivity contribution in [3.05, 3.63) is 29.3 Å². The van der Waals surface area contributed by atoms with Crippen molar-refractivity contribution >= 4 is 0 Å². The van der Waals surface area contributed by atoms with Crippen LogP contribution in [0.3, 0.4) is 0 Å². The van der Waals surface area contributed by atoms with Crippen LogP contribution in [0.25, 0.3) is 0 Å². The normalized spacial score (nSPS) is 12.9. The second-order valence-corrected chi connectivity index (χ2v) is 5.16. The van der Waals surface area contributed by atoms with Gasteiger partial charge in [-0.25, -0.2) is 0 Å². The molecule has 1 aromatic rings. The molecule has 0 unspecified atom stereocenters. The maximum atomic E-state index is 13.0. The Labute approximate surface area is 104 Å². The highest BCUT2D eigenvalue weighted by Gasteiger charge is 2.44. The van der Waals surface area contributed by atoms with Crippen LogP contribution >= 0.6 is 0 Å². The lowest BCUT2D eigenvalue weighted by Crippen LogP contribution is -2.34. The van der Waals surface area contributed by atoms with Gasteiger partial charge in [0.15, 0.2) is 0 Å². The highest BCUT2D eigenvalue weighted by Crippen LogP contribution is 2.37. The number of alkyl halides is 4. The third-order valence-electron chi connectivity index (χ3n) is 2.48. The summed E-state index contributed by atoms with van der Waals surface area (Å²) in [5, 5.41) is 0. The molecule has 0 aliphatic heterocycles. The molecule has 0 atom stereocenters. The predicted octanol–water partition coefficient (Wildman–Crippen LogP) is 4.53. The van der Waals surface area contributed by atoms with E-state index in [-0.39, 0.29) is 5.75 Å². The maximum Gasteiger partial charge on any atom is 0.461 e. The molecule has 5 heteroatoms. The van der Waals surface area contributed by atoms with Gasteiger partial charge in [0.05, 0.1) is 0 Å². The molecule has 0 aromatic heterocycles. The van der Waals surface area contributed by atoms with Gasteiger partial charge < -0.3 is 4.74 Å². The molecule has 0 amide bonds. The first-order valence-electron chi connectivity index (χ1n) is 5.51. The van der Waals surface area contributed by atoms with E-state index in [1.54, 1.807) is 13.0 Å². The number of ether oxygens (including phenoxy) is 1. The maximum absolute atomic E-state index is 13.0. The van der Waals surface area contributed by atoms with Gasteiger partial charge in [0.1, 0.15) is 5.75 Å². The van der Waals surface area contributed by atoms with E-state index < -0.39 is 17.9 Å². The van der Waals surface area contributed by atoms with Crippen molar-refractivity contribution in [2.45, 2.75) is 45.6 Å². The summed E-state index contributed by atoms with van der Waals surface area (Å²) in [6, 6.07) is 4.51. The van der Waals surface area contributed by atoms with E-state index in [1.165, 1.54) is 12.1 Å². The van der Waals surface area contributed by atoms with E-state index in [4.69, 9.17) is 0 Å². The van der Waals surface area contributed by atoms with Crippen LogP contribution in [0, 0.1) is 6.92 Å². The summed E-state index contributed by atoms with van der Waals surface area (Å²) >= 11 is 0. The fourth-order valence-electron chi connectivity index (χ4n) is 1.88. The summed E-state index contributed by atoms with van der Waals surface area (Å²) in [6.45, 7) is 7.15. The van der Waals surface area contributed by atoms with Crippen LogP contribution in [0.15, 0.2) is 18.2 Å². The Morgan fingerprint density at radius 3 is 2.11 bits per heavy atom. The third-order valence-corrected chi connectivity index (χ3v) is 2.48. The molecule has 0 aliphatic carbocycles. The van der Waals surface area contributed by atoms with Crippen molar-refractivity contribution in [1.29, 1.82) is 0 Å².